The number of rotatable bonds is 9. The maximum absolute atomic E-state index is 13.7. The Labute approximate surface area is 220 Å². The fraction of sp³-hybridized carbons (Fsp3) is 0.290. The molecule has 7 nitrogen and oxygen atoms in total. The van der Waals surface area contributed by atoms with Crippen molar-refractivity contribution in [1.82, 2.24) is 4.90 Å². The van der Waals surface area contributed by atoms with Crippen molar-refractivity contribution in [3.8, 4) is 17.2 Å². The quantitative estimate of drug-likeness (QED) is 0.248. The maximum atomic E-state index is 13.7. The van der Waals surface area contributed by atoms with Crippen LogP contribution in [-0.2, 0) is 6.54 Å². The molecule has 194 valence electrons. The number of para-hydroxylation sites is 1. The molecule has 1 unspecified atom stereocenters. The SMILES string of the molecule is CCCCCCOc1ccc(C2c3c(oc4ccccc4c3=O)C(=O)N2Cc2ccc3c(c2)OCO3)cc1. The highest BCUT2D eigenvalue weighted by molar-refractivity contribution is 5.99. The second-order valence-electron chi connectivity index (χ2n) is 9.67. The monoisotopic (exact) mass is 511 g/mol. The van der Waals surface area contributed by atoms with Gasteiger partial charge in [-0.2, -0.15) is 0 Å². The van der Waals surface area contributed by atoms with Gasteiger partial charge in [0, 0.05) is 6.54 Å². The molecular weight excluding hydrogens is 482 g/mol. The summed E-state index contributed by atoms with van der Waals surface area (Å²) in [6.07, 6.45) is 4.54. The Morgan fingerprint density at radius 2 is 1.74 bits per heavy atom. The summed E-state index contributed by atoms with van der Waals surface area (Å²) < 4.78 is 22.9. The molecule has 3 heterocycles. The van der Waals surface area contributed by atoms with Gasteiger partial charge in [0.15, 0.2) is 16.9 Å². The Balaban J connectivity index is 1.36. The van der Waals surface area contributed by atoms with E-state index in [1.54, 1.807) is 29.2 Å². The lowest BCUT2D eigenvalue weighted by Gasteiger charge is -2.25. The van der Waals surface area contributed by atoms with Gasteiger partial charge in [0.25, 0.3) is 5.91 Å². The van der Waals surface area contributed by atoms with Crippen LogP contribution in [0.1, 0.15) is 65.9 Å². The fourth-order valence-electron chi connectivity index (χ4n) is 5.18. The summed E-state index contributed by atoms with van der Waals surface area (Å²) >= 11 is 0. The summed E-state index contributed by atoms with van der Waals surface area (Å²) in [7, 11) is 0. The molecule has 4 aromatic rings. The number of carbonyl (C=O) groups excluding carboxylic acids is 1. The molecule has 3 aromatic carbocycles. The normalized spacial score (nSPS) is 15.8. The first-order chi connectivity index (χ1) is 18.6. The Hall–Kier alpha value is -4.26. The van der Waals surface area contributed by atoms with Crippen LogP contribution in [0.5, 0.6) is 17.2 Å². The number of nitrogens with zero attached hydrogens (tertiary/aromatic N) is 1. The number of unbranched alkanes of at least 4 members (excludes halogenated alkanes) is 3. The van der Waals surface area contributed by atoms with E-state index in [-0.39, 0.29) is 30.4 Å². The topological polar surface area (TPSA) is 78.2 Å². The van der Waals surface area contributed by atoms with Crippen molar-refractivity contribution < 1.29 is 23.4 Å². The summed E-state index contributed by atoms with van der Waals surface area (Å²) in [5, 5.41) is 0.459. The summed E-state index contributed by atoms with van der Waals surface area (Å²) in [5.74, 6) is 1.86. The maximum Gasteiger partial charge on any atom is 0.291 e. The van der Waals surface area contributed by atoms with E-state index >= 15 is 0 Å². The zero-order chi connectivity index (χ0) is 26.1. The summed E-state index contributed by atoms with van der Waals surface area (Å²) in [6.45, 7) is 3.30. The van der Waals surface area contributed by atoms with E-state index < -0.39 is 6.04 Å². The van der Waals surface area contributed by atoms with E-state index in [0.29, 0.717) is 34.6 Å². The predicted molar refractivity (Wildman–Crippen MR) is 143 cm³/mol. The van der Waals surface area contributed by atoms with Crippen LogP contribution < -0.4 is 19.6 Å². The summed E-state index contributed by atoms with van der Waals surface area (Å²) in [4.78, 5) is 29.1. The van der Waals surface area contributed by atoms with Gasteiger partial charge in [-0.05, 0) is 53.9 Å². The molecule has 1 amide bonds. The lowest BCUT2D eigenvalue weighted by molar-refractivity contribution is 0.0714. The van der Waals surface area contributed by atoms with Gasteiger partial charge < -0.3 is 23.5 Å². The lowest BCUT2D eigenvalue weighted by Crippen LogP contribution is -2.29. The Morgan fingerprint density at radius 1 is 0.921 bits per heavy atom. The molecule has 0 aliphatic carbocycles. The Bertz CT molecular complexity index is 1540. The third-order valence-corrected chi connectivity index (χ3v) is 7.13. The summed E-state index contributed by atoms with van der Waals surface area (Å²) in [6, 6.07) is 19.7. The number of fused-ring (bicyclic) bond motifs is 3. The molecule has 0 saturated heterocycles. The van der Waals surface area contributed by atoms with Crippen LogP contribution in [0, 0.1) is 0 Å². The standard InChI is InChI=1S/C31H29NO6/c1-2-3-4-7-16-35-22-13-11-21(12-14-22)28-27-29(33)23-8-5-6-9-24(23)38-30(27)31(34)32(28)18-20-10-15-25-26(17-20)37-19-36-25/h5-6,8-15,17,28H,2-4,7,16,18-19H2,1H3. The molecule has 0 radical (unpaired) electrons. The molecule has 1 atom stereocenters. The predicted octanol–water partition coefficient (Wildman–Crippen LogP) is 6.23. The number of ether oxygens (including phenoxy) is 3. The highest BCUT2D eigenvalue weighted by Crippen LogP contribution is 2.40. The smallest absolute Gasteiger partial charge is 0.291 e. The molecule has 0 spiro atoms. The van der Waals surface area contributed by atoms with Gasteiger partial charge in [-0.15, -0.1) is 0 Å². The number of carbonyl (C=O) groups is 1. The largest absolute Gasteiger partial charge is 0.494 e. The van der Waals surface area contributed by atoms with E-state index in [2.05, 4.69) is 6.92 Å². The fourth-order valence-corrected chi connectivity index (χ4v) is 5.18. The molecule has 0 N–H and O–H groups in total. The van der Waals surface area contributed by atoms with Crippen LogP contribution in [0.25, 0.3) is 11.0 Å². The van der Waals surface area contributed by atoms with Crippen LogP contribution >= 0.6 is 0 Å². The van der Waals surface area contributed by atoms with Crippen molar-refractivity contribution in [3.63, 3.8) is 0 Å². The van der Waals surface area contributed by atoms with E-state index in [9.17, 15) is 9.59 Å². The number of amides is 1. The average Bonchev–Trinajstić information content (AvgIpc) is 3.52. The van der Waals surface area contributed by atoms with Crippen molar-refractivity contribution in [2.45, 2.75) is 45.2 Å². The lowest BCUT2D eigenvalue weighted by atomic mass is 9.98. The Kier molecular flexibility index (Phi) is 6.50. The van der Waals surface area contributed by atoms with Crippen LogP contribution in [-0.4, -0.2) is 24.2 Å². The average molecular weight is 512 g/mol. The first-order valence-electron chi connectivity index (χ1n) is 13.1. The van der Waals surface area contributed by atoms with Crippen LogP contribution in [0.3, 0.4) is 0 Å². The molecule has 2 aliphatic rings. The number of benzene rings is 3. The third-order valence-electron chi connectivity index (χ3n) is 7.13. The van der Waals surface area contributed by atoms with Crippen molar-refractivity contribution >= 4 is 16.9 Å². The van der Waals surface area contributed by atoms with Crippen molar-refractivity contribution in [1.29, 1.82) is 0 Å². The Morgan fingerprint density at radius 3 is 2.58 bits per heavy atom. The van der Waals surface area contributed by atoms with Gasteiger partial charge in [0.2, 0.25) is 12.6 Å². The molecular formula is C31H29NO6. The van der Waals surface area contributed by atoms with Gasteiger partial charge in [-0.1, -0.05) is 56.5 Å². The third kappa shape index (κ3) is 4.38. The van der Waals surface area contributed by atoms with E-state index in [1.165, 1.54) is 12.8 Å². The van der Waals surface area contributed by atoms with Gasteiger partial charge in [-0.25, -0.2) is 0 Å². The van der Waals surface area contributed by atoms with Gasteiger partial charge >= 0.3 is 0 Å². The zero-order valence-electron chi connectivity index (χ0n) is 21.3. The van der Waals surface area contributed by atoms with E-state index in [4.69, 9.17) is 18.6 Å². The second kappa shape index (κ2) is 10.2. The molecule has 38 heavy (non-hydrogen) atoms. The van der Waals surface area contributed by atoms with Crippen LogP contribution in [0.15, 0.2) is 75.9 Å². The van der Waals surface area contributed by atoms with Crippen molar-refractivity contribution in [2.24, 2.45) is 0 Å². The van der Waals surface area contributed by atoms with E-state index in [0.717, 1.165) is 29.7 Å². The van der Waals surface area contributed by atoms with Gasteiger partial charge in [0.1, 0.15) is 11.3 Å². The molecule has 0 fully saturated rings. The number of hydrogen-bond donors (Lipinski definition) is 0. The highest BCUT2D eigenvalue weighted by Gasteiger charge is 2.42. The van der Waals surface area contributed by atoms with Gasteiger partial charge in [-0.3, -0.25) is 9.59 Å². The first-order valence-corrected chi connectivity index (χ1v) is 13.1. The molecule has 0 bridgehead atoms. The minimum absolute atomic E-state index is 0.0932. The van der Waals surface area contributed by atoms with Crippen molar-refractivity contribution in [3.05, 3.63) is 99.4 Å². The molecule has 6 rings (SSSR count). The minimum atomic E-state index is -0.595. The van der Waals surface area contributed by atoms with Crippen molar-refractivity contribution in [2.75, 3.05) is 13.4 Å². The molecule has 0 saturated carbocycles. The molecule has 7 heteroatoms. The molecule has 1 aromatic heterocycles. The number of hydrogen-bond acceptors (Lipinski definition) is 6. The van der Waals surface area contributed by atoms with Gasteiger partial charge in [0.05, 0.1) is 23.6 Å². The minimum Gasteiger partial charge on any atom is -0.494 e. The van der Waals surface area contributed by atoms with E-state index in [1.807, 2.05) is 42.5 Å². The van der Waals surface area contributed by atoms with Crippen LogP contribution in [0.2, 0.25) is 0 Å². The zero-order valence-corrected chi connectivity index (χ0v) is 21.3. The summed E-state index contributed by atoms with van der Waals surface area (Å²) in [5.41, 5.74) is 2.26. The highest BCUT2D eigenvalue weighted by atomic mass is 16.7. The first kappa shape index (κ1) is 24.1. The second-order valence-corrected chi connectivity index (χ2v) is 9.67. The van der Waals surface area contributed by atoms with Crippen LogP contribution in [0.4, 0.5) is 0 Å². The molecule has 2 aliphatic heterocycles.